The molecule has 4 nitrogen and oxygen atoms in total. The van der Waals surface area contributed by atoms with Crippen LogP contribution in [-0.2, 0) is 25.9 Å². The van der Waals surface area contributed by atoms with Gasteiger partial charge in [-0.05, 0) is 36.8 Å². The largest absolute Gasteiger partial charge is 0.314 e. The molecule has 2 heterocycles. The maximum atomic E-state index is 4.37. The number of hydrogen-bond donors (Lipinski definition) is 1. The van der Waals surface area contributed by atoms with Crippen molar-refractivity contribution in [3.05, 3.63) is 47.0 Å². The molecule has 0 spiro atoms. The Labute approximate surface area is 119 Å². The van der Waals surface area contributed by atoms with Crippen molar-refractivity contribution in [3.8, 4) is 0 Å². The van der Waals surface area contributed by atoms with Gasteiger partial charge in [0.1, 0.15) is 11.6 Å². The molecule has 0 saturated carbocycles. The molecule has 0 fully saturated rings. The van der Waals surface area contributed by atoms with E-state index in [9.17, 15) is 0 Å². The van der Waals surface area contributed by atoms with E-state index in [0.29, 0.717) is 6.04 Å². The maximum Gasteiger partial charge on any atom is 0.147 e. The van der Waals surface area contributed by atoms with Gasteiger partial charge in [0.05, 0.1) is 6.54 Å². The van der Waals surface area contributed by atoms with Gasteiger partial charge in [0, 0.05) is 19.0 Å². The summed E-state index contributed by atoms with van der Waals surface area (Å²) >= 11 is 0. The minimum Gasteiger partial charge on any atom is -0.314 e. The fourth-order valence-corrected chi connectivity index (χ4v) is 3.48. The molecule has 2 aromatic rings. The normalized spacial score (nSPS) is 20.7. The number of hydrogen-bond acceptors (Lipinski definition) is 3. The average Bonchev–Trinajstić information content (AvgIpc) is 3.09. The Kier molecular flexibility index (Phi) is 3.03. The summed E-state index contributed by atoms with van der Waals surface area (Å²) in [7, 11) is 0. The highest BCUT2D eigenvalue weighted by atomic mass is 15.3. The van der Waals surface area contributed by atoms with Crippen LogP contribution in [0.4, 0.5) is 0 Å². The van der Waals surface area contributed by atoms with Crippen LogP contribution in [0.25, 0.3) is 0 Å². The number of aryl methyl sites for hydroxylation is 2. The number of rotatable bonds is 3. The third-order valence-corrected chi connectivity index (χ3v) is 4.58. The van der Waals surface area contributed by atoms with Crippen LogP contribution < -0.4 is 5.32 Å². The van der Waals surface area contributed by atoms with Crippen molar-refractivity contribution in [3.63, 3.8) is 0 Å². The van der Waals surface area contributed by atoms with E-state index in [2.05, 4.69) is 44.3 Å². The Balaban J connectivity index is 1.48. The molecule has 1 aromatic heterocycles. The lowest BCUT2D eigenvalue weighted by Crippen LogP contribution is -2.22. The highest BCUT2D eigenvalue weighted by Gasteiger charge is 2.22. The number of aromatic nitrogens is 3. The summed E-state index contributed by atoms with van der Waals surface area (Å²) in [5.74, 6) is 2.27. The smallest absolute Gasteiger partial charge is 0.147 e. The Morgan fingerprint density at radius 3 is 3.10 bits per heavy atom. The van der Waals surface area contributed by atoms with Gasteiger partial charge >= 0.3 is 0 Å². The van der Waals surface area contributed by atoms with Crippen LogP contribution in [0, 0.1) is 0 Å². The summed E-state index contributed by atoms with van der Waals surface area (Å²) in [6.45, 7) is 1.91. The van der Waals surface area contributed by atoms with Crippen molar-refractivity contribution in [1.82, 2.24) is 20.1 Å². The number of nitrogens with zero attached hydrogens (tertiary/aromatic N) is 3. The highest BCUT2D eigenvalue weighted by molar-refractivity contribution is 5.34. The first-order chi connectivity index (χ1) is 9.92. The molecule has 104 valence electrons. The first-order valence-corrected chi connectivity index (χ1v) is 7.64. The van der Waals surface area contributed by atoms with E-state index in [1.54, 1.807) is 0 Å². The van der Waals surface area contributed by atoms with Gasteiger partial charge in [-0.3, -0.25) is 0 Å². The molecular formula is C16H20N4. The summed E-state index contributed by atoms with van der Waals surface area (Å²) < 4.78 is 2.30. The summed E-state index contributed by atoms with van der Waals surface area (Å²) in [4.78, 5) is 0. The van der Waals surface area contributed by atoms with E-state index in [4.69, 9.17) is 0 Å². The first-order valence-electron chi connectivity index (χ1n) is 7.64. The van der Waals surface area contributed by atoms with Crippen LogP contribution in [0.3, 0.4) is 0 Å². The zero-order valence-corrected chi connectivity index (χ0v) is 11.7. The van der Waals surface area contributed by atoms with Gasteiger partial charge < -0.3 is 9.88 Å². The second kappa shape index (κ2) is 5.02. The van der Waals surface area contributed by atoms with Crippen LogP contribution in [0.1, 0.15) is 48.1 Å². The fourth-order valence-electron chi connectivity index (χ4n) is 3.48. The predicted molar refractivity (Wildman–Crippen MR) is 77.3 cm³/mol. The third-order valence-electron chi connectivity index (χ3n) is 4.58. The van der Waals surface area contributed by atoms with Crippen LogP contribution in [-0.4, -0.2) is 14.8 Å². The lowest BCUT2D eigenvalue weighted by atomic mass is 10.1. The number of nitrogens with one attached hydrogen (secondary N) is 1. The SMILES string of the molecule is c1ccc2c(c1)CCC2NCc1nnc2n1CCCC2. The van der Waals surface area contributed by atoms with E-state index in [1.807, 2.05) is 0 Å². The Morgan fingerprint density at radius 2 is 2.10 bits per heavy atom. The van der Waals surface area contributed by atoms with Crippen molar-refractivity contribution >= 4 is 0 Å². The van der Waals surface area contributed by atoms with Gasteiger partial charge in [-0.15, -0.1) is 10.2 Å². The average molecular weight is 268 g/mol. The summed E-state index contributed by atoms with van der Waals surface area (Å²) in [6.07, 6.45) is 5.97. The molecule has 1 aliphatic heterocycles. The van der Waals surface area contributed by atoms with E-state index in [0.717, 1.165) is 25.3 Å². The van der Waals surface area contributed by atoms with Gasteiger partial charge in [-0.1, -0.05) is 24.3 Å². The maximum absolute atomic E-state index is 4.37. The lowest BCUT2D eigenvalue weighted by molar-refractivity contribution is 0.472. The fraction of sp³-hybridized carbons (Fsp3) is 0.500. The molecule has 0 saturated heterocycles. The Bertz CT molecular complexity index is 617. The van der Waals surface area contributed by atoms with E-state index in [1.165, 1.54) is 42.6 Å². The number of fused-ring (bicyclic) bond motifs is 2. The number of benzene rings is 1. The molecular weight excluding hydrogens is 248 g/mol. The Hall–Kier alpha value is -1.68. The van der Waals surface area contributed by atoms with E-state index < -0.39 is 0 Å². The highest BCUT2D eigenvalue weighted by Crippen LogP contribution is 2.30. The molecule has 20 heavy (non-hydrogen) atoms. The molecule has 1 aliphatic carbocycles. The molecule has 4 rings (SSSR count). The van der Waals surface area contributed by atoms with E-state index in [-0.39, 0.29) is 0 Å². The minimum atomic E-state index is 0.475. The van der Waals surface area contributed by atoms with Crippen LogP contribution >= 0.6 is 0 Å². The van der Waals surface area contributed by atoms with Crippen molar-refractivity contribution in [2.75, 3.05) is 0 Å². The second-order valence-electron chi connectivity index (χ2n) is 5.81. The summed E-state index contributed by atoms with van der Waals surface area (Å²) in [5, 5.41) is 12.4. The molecule has 0 bridgehead atoms. The summed E-state index contributed by atoms with van der Waals surface area (Å²) in [6, 6.07) is 9.24. The quantitative estimate of drug-likeness (QED) is 0.929. The molecule has 4 heteroatoms. The molecule has 1 aromatic carbocycles. The van der Waals surface area contributed by atoms with Crippen LogP contribution in [0.2, 0.25) is 0 Å². The van der Waals surface area contributed by atoms with Gasteiger partial charge in [0.15, 0.2) is 0 Å². The molecule has 1 N–H and O–H groups in total. The topological polar surface area (TPSA) is 42.7 Å². The van der Waals surface area contributed by atoms with Gasteiger partial charge in [-0.25, -0.2) is 0 Å². The molecule has 1 unspecified atom stereocenters. The minimum absolute atomic E-state index is 0.475. The van der Waals surface area contributed by atoms with Crippen molar-refractivity contribution < 1.29 is 0 Å². The molecule has 0 amide bonds. The van der Waals surface area contributed by atoms with Crippen LogP contribution in [0.15, 0.2) is 24.3 Å². The van der Waals surface area contributed by atoms with Crippen molar-refractivity contribution in [2.24, 2.45) is 0 Å². The predicted octanol–water partition coefficient (Wildman–Crippen LogP) is 2.39. The standard InChI is InChI=1S/C16H20N4/c1-2-6-13-12(5-1)8-9-14(13)17-11-16-19-18-15-7-3-4-10-20(15)16/h1-2,5-6,14,17H,3-4,7-11H2. The molecule has 1 atom stereocenters. The Morgan fingerprint density at radius 1 is 1.15 bits per heavy atom. The molecule has 0 radical (unpaired) electrons. The van der Waals surface area contributed by atoms with Gasteiger partial charge in [0.2, 0.25) is 0 Å². The molecule has 2 aliphatic rings. The monoisotopic (exact) mass is 268 g/mol. The van der Waals surface area contributed by atoms with Crippen molar-refractivity contribution in [1.29, 1.82) is 0 Å². The van der Waals surface area contributed by atoms with Gasteiger partial charge in [-0.2, -0.15) is 0 Å². The zero-order chi connectivity index (χ0) is 13.4. The zero-order valence-electron chi connectivity index (χ0n) is 11.7. The summed E-state index contributed by atoms with van der Waals surface area (Å²) in [5.41, 5.74) is 2.96. The second-order valence-corrected chi connectivity index (χ2v) is 5.81. The first kappa shape index (κ1) is 12.1. The van der Waals surface area contributed by atoms with E-state index >= 15 is 0 Å². The third kappa shape index (κ3) is 2.04. The van der Waals surface area contributed by atoms with Crippen molar-refractivity contribution in [2.45, 2.75) is 51.2 Å². The van der Waals surface area contributed by atoms with Gasteiger partial charge in [0.25, 0.3) is 0 Å². The lowest BCUT2D eigenvalue weighted by Gasteiger charge is -2.17. The van der Waals surface area contributed by atoms with Crippen LogP contribution in [0.5, 0.6) is 0 Å².